The SMILES string of the molecule is CCNC(=NCC1(CCO)CCOC1)NCCOc1ccc(C(F)(F)F)cn1.I. The third kappa shape index (κ3) is 8.51. The first-order chi connectivity index (χ1) is 13.4. The van der Waals surface area contributed by atoms with Crippen LogP contribution in [0.1, 0.15) is 25.3 Å². The molecular formula is C18H28F3IN4O3. The topological polar surface area (TPSA) is 88.0 Å². The number of halogens is 4. The van der Waals surface area contributed by atoms with Gasteiger partial charge in [-0.15, -0.1) is 24.0 Å². The average Bonchev–Trinajstić information content (AvgIpc) is 3.12. The van der Waals surface area contributed by atoms with E-state index in [0.29, 0.717) is 45.2 Å². The molecule has 0 bridgehead atoms. The highest BCUT2D eigenvalue weighted by Gasteiger charge is 2.34. The number of hydrogen-bond donors (Lipinski definition) is 3. The van der Waals surface area contributed by atoms with Crippen LogP contribution in [0, 0.1) is 5.41 Å². The summed E-state index contributed by atoms with van der Waals surface area (Å²) >= 11 is 0. The van der Waals surface area contributed by atoms with Gasteiger partial charge in [0.05, 0.1) is 25.3 Å². The molecule has 29 heavy (non-hydrogen) atoms. The Morgan fingerprint density at radius 3 is 2.72 bits per heavy atom. The zero-order valence-electron chi connectivity index (χ0n) is 16.3. The Morgan fingerprint density at radius 2 is 2.17 bits per heavy atom. The first-order valence-corrected chi connectivity index (χ1v) is 9.25. The number of rotatable bonds is 9. The number of ether oxygens (including phenoxy) is 2. The van der Waals surface area contributed by atoms with Gasteiger partial charge in [0, 0.05) is 37.4 Å². The minimum atomic E-state index is -4.41. The summed E-state index contributed by atoms with van der Waals surface area (Å²) in [7, 11) is 0. The van der Waals surface area contributed by atoms with E-state index in [1.165, 1.54) is 6.07 Å². The van der Waals surface area contributed by atoms with Crippen LogP contribution in [0.15, 0.2) is 23.3 Å². The number of hydrogen-bond acceptors (Lipinski definition) is 5. The van der Waals surface area contributed by atoms with Crippen molar-refractivity contribution in [3.63, 3.8) is 0 Å². The summed E-state index contributed by atoms with van der Waals surface area (Å²) in [5, 5.41) is 15.5. The Balaban J connectivity index is 0.00000420. The molecule has 11 heteroatoms. The fourth-order valence-corrected chi connectivity index (χ4v) is 2.83. The molecule has 1 unspecified atom stereocenters. The lowest BCUT2D eigenvalue weighted by Gasteiger charge is -2.24. The standard InChI is InChI=1S/C18H27F3N4O3.HI/c1-2-22-16(25-12-17(5-8-26)6-9-27-13-17)23-7-10-28-15-4-3-14(11-24-15)18(19,20)21;/h3-4,11,26H,2,5-10,12-13H2,1H3,(H2,22,23,25);1H. The molecule has 0 amide bonds. The molecule has 1 atom stereocenters. The molecule has 166 valence electrons. The van der Waals surface area contributed by atoms with Crippen LogP contribution in [0.5, 0.6) is 5.88 Å². The van der Waals surface area contributed by atoms with Gasteiger partial charge in [-0.25, -0.2) is 4.98 Å². The molecule has 1 aliphatic rings. The van der Waals surface area contributed by atoms with Crippen molar-refractivity contribution in [2.45, 2.75) is 25.9 Å². The second-order valence-corrected chi connectivity index (χ2v) is 6.63. The summed E-state index contributed by atoms with van der Waals surface area (Å²) in [5.41, 5.74) is -0.954. The Morgan fingerprint density at radius 1 is 1.38 bits per heavy atom. The molecule has 0 radical (unpaired) electrons. The van der Waals surface area contributed by atoms with Crippen LogP contribution in [0.25, 0.3) is 0 Å². The number of aliphatic hydroxyl groups is 1. The van der Waals surface area contributed by atoms with Gasteiger partial charge in [-0.3, -0.25) is 4.99 Å². The largest absolute Gasteiger partial charge is 0.476 e. The molecule has 2 heterocycles. The lowest BCUT2D eigenvalue weighted by Crippen LogP contribution is -2.40. The van der Waals surface area contributed by atoms with Crippen molar-refractivity contribution in [1.82, 2.24) is 15.6 Å². The van der Waals surface area contributed by atoms with Gasteiger partial charge >= 0.3 is 6.18 Å². The Hall–Kier alpha value is -1.34. The lowest BCUT2D eigenvalue weighted by molar-refractivity contribution is -0.137. The zero-order valence-corrected chi connectivity index (χ0v) is 18.6. The fraction of sp³-hybridized carbons (Fsp3) is 0.667. The Bertz CT molecular complexity index is 624. The van der Waals surface area contributed by atoms with Crippen LogP contribution >= 0.6 is 24.0 Å². The summed E-state index contributed by atoms with van der Waals surface area (Å²) < 4.78 is 48.4. The van der Waals surface area contributed by atoms with Crippen molar-refractivity contribution in [3.05, 3.63) is 23.9 Å². The van der Waals surface area contributed by atoms with Crippen LogP contribution < -0.4 is 15.4 Å². The molecule has 1 aromatic heterocycles. The van der Waals surface area contributed by atoms with Crippen LogP contribution in [-0.2, 0) is 10.9 Å². The van der Waals surface area contributed by atoms with Crippen LogP contribution in [0.3, 0.4) is 0 Å². The lowest BCUT2D eigenvalue weighted by atomic mass is 9.84. The Kier molecular flexibility index (Phi) is 11.0. The number of aliphatic imine (C=N–C) groups is 1. The van der Waals surface area contributed by atoms with Crippen molar-refractivity contribution in [2.75, 3.05) is 46.1 Å². The van der Waals surface area contributed by atoms with E-state index in [1.54, 1.807) is 0 Å². The van der Waals surface area contributed by atoms with E-state index in [0.717, 1.165) is 18.7 Å². The molecule has 1 fully saturated rings. The third-order valence-corrected chi connectivity index (χ3v) is 4.45. The van der Waals surface area contributed by atoms with E-state index < -0.39 is 11.7 Å². The Labute approximate surface area is 185 Å². The van der Waals surface area contributed by atoms with Gasteiger partial charge in [-0.05, 0) is 25.8 Å². The minimum Gasteiger partial charge on any atom is -0.476 e. The smallest absolute Gasteiger partial charge is 0.417 e. The van der Waals surface area contributed by atoms with Crippen molar-refractivity contribution in [3.8, 4) is 5.88 Å². The molecule has 0 aromatic carbocycles. The van der Waals surface area contributed by atoms with E-state index in [2.05, 4.69) is 20.6 Å². The van der Waals surface area contributed by atoms with Crippen molar-refractivity contribution in [1.29, 1.82) is 0 Å². The number of alkyl halides is 3. The summed E-state index contributed by atoms with van der Waals surface area (Å²) in [6.07, 6.45) is -2.17. The number of aliphatic hydroxyl groups excluding tert-OH is 1. The molecule has 0 aliphatic carbocycles. The normalized spacial score (nSPS) is 19.6. The first-order valence-electron chi connectivity index (χ1n) is 9.25. The third-order valence-electron chi connectivity index (χ3n) is 4.45. The maximum atomic E-state index is 12.5. The first kappa shape index (κ1) is 25.7. The van der Waals surface area contributed by atoms with Gasteiger partial charge in [-0.2, -0.15) is 13.2 Å². The molecule has 0 spiro atoms. The second kappa shape index (κ2) is 12.4. The zero-order chi connectivity index (χ0) is 20.5. The highest BCUT2D eigenvalue weighted by atomic mass is 127. The molecule has 0 saturated carbocycles. The van der Waals surface area contributed by atoms with Gasteiger partial charge in [0.25, 0.3) is 0 Å². The van der Waals surface area contributed by atoms with Crippen LogP contribution in [0.2, 0.25) is 0 Å². The minimum absolute atomic E-state index is 0. The highest BCUT2D eigenvalue weighted by molar-refractivity contribution is 14.0. The molecule has 1 aliphatic heterocycles. The monoisotopic (exact) mass is 532 g/mol. The highest BCUT2D eigenvalue weighted by Crippen LogP contribution is 2.32. The van der Waals surface area contributed by atoms with E-state index in [9.17, 15) is 18.3 Å². The van der Waals surface area contributed by atoms with E-state index in [-0.39, 0.29) is 48.5 Å². The number of nitrogens with one attached hydrogen (secondary N) is 2. The number of nitrogens with zero attached hydrogens (tertiary/aromatic N) is 2. The molecule has 1 saturated heterocycles. The summed E-state index contributed by atoms with van der Waals surface area (Å²) in [6, 6.07) is 2.13. The van der Waals surface area contributed by atoms with E-state index >= 15 is 0 Å². The molecule has 7 nitrogen and oxygen atoms in total. The maximum absolute atomic E-state index is 12.5. The van der Waals surface area contributed by atoms with E-state index in [4.69, 9.17) is 9.47 Å². The van der Waals surface area contributed by atoms with Gasteiger partial charge in [-0.1, -0.05) is 0 Å². The molecule has 1 aromatic rings. The maximum Gasteiger partial charge on any atom is 0.417 e. The summed E-state index contributed by atoms with van der Waals surface area (Å²) in [6.45, 7) is 5.12. The quantitative estimate of drug-likeness (QED) is 0.196. The van der Waals surface area contributed by atoms with Crippen molar-refractivity contribution >= 4 is 29.9 Å². The fourth-order valence-electron chi connectivity index (χ4n) is 2.83. The second-order valence-electron chi connectivity index (χ2n) is 6.63. The summed E-state index contributed by atoms with van der Waals surface area (Å²) in [4.78, 5) is 8.24. The van der Waals surface area contributed by atoms with E-state index in [1.807, 2.05) is 6.92 Å². The van der Waals surface area contributed by atoms with Crippen molar-refractivity contribution in [2.24, 2.45) is 10.4 Å². The van der Waals surface area contributed by atoms with Gasteiger partial charge in [0.15, 0.2) is 5.96 Å². The molecule has 2 rings (SSSR count). The predicted octanol–water partition coefficient (Wildman–Crippen LogP) is 2.44. The molecular weight excluding hydrogens is 504 g/mol. The number of guanidine groups is 1. The average molecular weight is 532 g/mol. The molecule has 3 N–H and O–H groups in total. The van der Waals surface area contributed by atoms with Crippen LogP contribution in [0.4, 0.5) is 13.2 Å². The van der Waals surface area contributed by atoms with Gasteiger partial charge < -0.3 is 25.2 Å². The van der Waals surface area contributed by atoms with Gasteiger partial charge in [0.2, 0.25) is 5.88 Å². The number of aromatic nitrogens is 1. The van der Waals surface area contributed by atoms with Crippen molar-refractivity contribution < 1.29 is 27.8 Å². The summed E-state index contributed by atoms with van der Waals surface area (Å²) in [5.74, 6) is 0.734. The van der Waals surface area contributed by atoms with Crippen LogP contribution in [-0.4, -0.2) is 62.1 Å². The number of pyridine rings is 1. The van der Waals surface area contributed by atoms with Gasteiger partial charge in [0.1, 0.15) is 6.61 Å². The predicted molar refractivity (Wildman–Crippen MR) is 114 cm³/mol.